The van der Waals surface area contributed by atoms with Gasteiger partial charge in [-0.15, -0.1) is 24.0 Å². The van der Waals surface area contributed by atoms with E-state index in [1.165, 1.54) is 7.11 Å². The topological polar surface area (TPSA) is 72.4 Å². The van der Waals surface area contributed by atoms with Gasteiger partial charge >= 0.3 is 5.97 Å². The summed E-state index contributed by atoms with van der Waals surface area (Å²) in [5, 5.41) is 3.31. The molecule has 2 rings (SSSR count). The van der Waals surface area contributed by atoms with Crippen LogP contribution in [0.3, 0.4) is 0 Å². The lowest BCUT2D eigenvalue weighted by Gasteiger charge is -2.21. The summed E-state index contributed by atoms with van der Waals surface area (Å²) in [5.41, 5.74) is 0.973. The molecule has 0 amide bonds. The molecule has 8 heteroatoms. The van der Waals surface area contributed by atoms with Gasteiger partial charge in [0.25, 0.3) is 0 Å². The van der Waals surface area contributed by atoms with Gasteiger partial charge in [-0.05, 0) is 25.0 Å². The average molecular weight is 491 g/mol. The molecule has 1 heterocycles. The molecular weight excluding hydrogens is 461 g/mol. The first kappa shape index (κ1) is 23.3. The van der Waals surface area contributed by atoms with Crippen molar-refractivity contribution in [2.75, 3.05) is 41.0 Å². The molecule has 1 aliphatic rings. The number of hydrogen-bond acceptors (Lipinski definition) is 5. The summed E-state index contributed by atoms with van der Waals surface area (Å²) in [6.07, 6.45) is 0. The van der Waals surface area contributed by atoms with Crippen LogP contribution in [0.5, 0.6) is 11.5 Å². The number of likely N-dealkylation sites (tertiary alicyclic amines) is 1. The fraction of sp³-hybridized carbons (Fsp3) is 0.579. The minimum Gasteiger partial charge on any atom is -0.497 e. The van der Waals surface area contributed by atoms with Crippen LogP contribution in [0.25, 0.3) is 0 Å². The van der Waals surface area contributed by atoms with Gasteiger partial charge in [0.1, 0.15) is 11.5 Å². The van der Waals surface area contributed by atoms with Crippen molar-refractivity contribution in [2.24, 2.45) is 16.8 Å². The lowest BCUT2D eigenvalue weighted by molar-refractivity contribution is -0.145. The molecule has 27 heavy (non-hydrogen) atoms. The molecule has 0 aliphatic carbocycles. The summed E-state index contributed by atoms with van der Waals surface area (Å²) in [6.45, 7) is 6.71. The number of rotatable bonds is 6. The number of nitrogens with zero attached hydrogens (tertiary/aromatic N) is 2. The second-order valence-electron chi connectivity index (χ2n) is 6.36. The molecular formula is C19H30IN3O4. The summed E-state index contributed by atoms with van der Waals surface area (Å²) in [5.74, 6) is 2.22. The summed E-state index contributed by atoms with van der Waals surface area (Å²) in [7, 11) is 4.70. The average Bonchev–Trinajstić information content (AvgIpc) is 3.05. The van der Waals surface area contributed by atoms with Gasteiger partial charge in [-0.2, -0.15) is 0 Å². The number of carbonyl (C=O) groups is 1. The number of carbonyl (C=O) groups excluding carboxylic acids is 1. The summed E-state index contributed by atoms with van der Waals surface area (Å²) < 4.78 is 15.6. The lowest BCUT2D eigenvalue weighted by Crippen LogP contribution is -2.40. The Morgan fingerprint density at radius 1 is 1.26 bits per heavy atom. The zero-order valence-electron chi connectivity index (χ0n) is 16.7. The second kappa shape index (κ2) is 11.2. The van der Waals surface area contributed by atoms with Crippen molar-refractivity contribution in [3.05, 3.63) is 23.8 Å². The van der Waals surface area contributed by atoms with Crippen molar-refractivity contribution in [1.29, 1.82) is 0 Å². The van der Waals surface area contributed by atoms with Crippen molar-refractivity contribution in [3.8, 4) is 11.5 Å². The van der Waals surface area contributed by atoms with E-state index >= 15 is 0 Å². The second-order valence-corrected chi connectivity index (χ2v) is 6.36. The Morgan fingerprint density at radius 2 is 2.00 bits per heavy atom. The van der Waals surface area contributed by atoms with Gasteiger partial charge in [0.15, 0.2) is 5.96 Å². The molecule has 0 bridgehead atoms. The predicted octanol–water partition coefficient (Wildman–Crippen LogP) is 2.53. The van der Waals surface area contributed by atoms with Crippen molar-refractivity contribution >= 4 is 35.9 Å². The van der Waals surface area contributed by atoms with Crippen LogP contribution in [-0.4, -0.2) is 57.8 Å². The quantitative estimate of drug-likeness (QED) is 0.286. The van der Waals surface area contributed by atoms with Crippen LogP contribution in [-0.2, 0) is 16.1 Å². The maximum atomic E-state index is 11.9. The van der Waals surface area contributed by atoms with Gasteiger partial charge in [-0.3, -0.25) is 4.79 Å². The molecule has 2 unspecified atom stereocenters. The Morgan fingerprint density at radius 3 is 2.59 bits per heavy atom. The number of benzene rings is 1. The van der Waals surface area contributed by atoms with Crippen LogP contribution in [0.4, 0.5) is 0 Å². The number of hydrogen-bond donors (Lipinski definition) is 1. The number of ether oxygens (including phenoxy) is 3. The van der Waals surface area contributed by atoms with Gasteiger partial charge < -0.3 is 24.4 Å². The Bertz CT molecular complexity index is 654. The summed E-state index contributed by atoms with van der Waals surface area (Å²) in [6, 6.07) is 5.70. The van der Waals surface area contributed by atoms with Crippen LogP contribution in [0.2, 0.25) is 0 Å². The van der Waals surface area contributed by atoms with E-state index in [0.29, 0.717) is 13.1 Å². The summed E-state index contributed by atoms with van der Waals surface area (Å²) >= 11 is 0. The first-order valence-corrected chi connectivity index (χ1v) is 8.86. The highest BCUT2D eigenvalue weighted by Crippen LogP contribution is 2.26. The molecule has 1 saturated heterocycles. The minimum absolute atomic E-state index is 0. The standard InChI is InChI=1S/C19H29N3O4.HI/c1-6-20-19(22-11-13(2)16(12-22)18(23)26-5)21-10-14-7-8-15(24-3)9-17(14)25-4;/h7-9,13,16H,6,10-12H2,1-5H3,(H,20,21);1H. The first-order valence-electron chi connectivity index (χ1n) is 8.86. The van der Waals surface area contributed by atoms with Crippen molar-refractivity contribution in [1.82, 2.24) is 10.2 Å². The highest BCUT2D eigenvalue weighted by atomic mass is 127. The molecule has 152 valence electrons. The molecule has 1 aliphatic heterocycles. The summed E-state index contributed by atoms with van der Waals surface area (Å²) in [4.78, 5) is 18.8. The molecule has 0 spiro atoms. The number of nitrogens with one attached hydrogen (secondary N) is 1. The normalized spacial score (nSPS) is 19.3. The predicted molar refractivity (Wildman–Crippen MR) is 116 cm³/mol. The van der Waals surface area contributed by atoms with E-state index in [2.05, 4.69) is 17.1 Å². The molecule has 7 nitrogen and oxygen atoms in total. The zero-order chi connectivity index (χ0) is 19.1. The third kappa shape index (κ3) is 5.88. The maximum Gasteiger partial charge on any atom is 0.310 e. The fourth-order valence-corrected chi connectivity index (χ4v) is 3.17. The first-order chi connectivity index (χ1) is 12.5. The van der Waals surface area contributed by atoms with Crippen LogP contribution in [0.15, 0.2) is 23.2 Å². The highest BCUT2D eigenvalue weighted by molar-refractivity contribution is 14.0. The molecule has 1 aromatic carbocycles. The molecule has 0 aromatic heterocycles. The van der Waals surface area contributed by atoms with E-state index < -0.39 is 0 Å². The van der Waals surface area contributed by atoms with Crippen molar-refractivity contribution in [2.45, 2.75) is 20.4 Å². The van der Waals surface area contributed by atoms with E-state index in [9.17, 15) is 4.79 Å². The third-order valence-electron chi connectivity index (χ3n) is 4.64. The molecule has 1 fully saturated rings. The lowest BCUT2D eigenvalue weighted by atomic mass is 9.99. The van der Waals surface area contributed by atoms with E-state index in [4.69, 9.17) is 19.2 Å². The van der Waals surface area contributed by atoms with Crippen molar-refractivity contribution < 1.29 is 19.0 Å². The van der Waals surface area contributed by atoms with E-state index in [-0.39, 0.29) is 41.8 Å². The molecule has 1 aromatic rings. The van der Waals surface area contributed by atoms with E-state index in [1.54, 1.807) is 14.2 Å². The van der Waals surface area contributed by atoms with Gasteiger partial charge in [0.05, 0.1) is 33.8 Å². The van der Waals surface area contributed by atoms with Crippen LogP contribution in [0, 0.1) is 11.8 Å². The number of aliphatic imine (C=N–C) groups is 1. The number of methoxy groups -OCH3 is 3. The zero-order valence-corrected chi connectivity index (χ0v) is 19.0. The monoisotopic (exact) mass is 491 g/mol. The maximum absolute atomic E-state index is 11.9. The van der Waals surface area contributed by atoms with Crippen LogP contribution >= 0.6 is 24.0 Å². The Labute approximate surface area is 178 Å². The van der Waals surface area contributed by atoms with Gasteiger partial charge in [0.2, 0.25) is 0 Å². The van der Waals surface area contributed by atoms with E-state index in [1.807, 2.05) is 25.1 Å². The fourth-order valence-electron chi connectivity index (χ4n) is 3.17. The SMILES string of the molecule is CCNC(=NCc1ccc(OC)cc1OC)N1CC(C)C(C(=O)OC)C1.I. The third-order valence-corrected chi connectivity index (χ3v) is 4.64. The van der Waals surface area contributed by atoms with Gasteiger partial charge in [-0.1, -0.05) is 6.92 Å². The Kier molecular flexibility index (Phi) is 9.68. The largest absolute Gasteiger partial charge is 0.497 e. The van der Waals surface area contributed by atoms with Crippen molar-refractivity contribution in [3.63, 3.8) is 0 Å². The number of esters is 1. The molecule has 0 radical (unpaired) electrons. The highest BCUT2D eigenvalue weighted by Gasteiger charge is 2.36. The molecule has 0 saturated carbocycles. The van der Waals surface area contributed by atoms with Crippen LogP contribution in [0.1, 0.15) is 19.4 Å². The number of halogens is 1. The molecule has 2 atom stereocenters. The number of guanidine groups is 1. The Hall–Kier alpha value is -1.71. The smallest absolute Gasteiger partial charge is 0.310 e. The van der Waals surface area contributed by atoms with Gasteiger partial charge in [0, 0.05) is 31.3 Å². The Balaban J connectivity index is 0.00000364. The van der Waals surface area contributed by atoms with E-state index in [0.717, 1.165) is 36.1 Å². The van der Waals surface area contributed by atoms with Gasteiger partial charge in [-0.25, -0.2) is 4.99 Å². The minimum atomic E-state index is -0.160. The molecule has 1 N–H and O–H groups in total. The van der Waals surface area contributed by atoms with Crippen LogP contribution < -0.4 is 14.8 Å².